The summed E-state index contributed by atoms with van der Waals surface area (Å²) in [5, 5.41) is 1.58. The lowest BCUT2D eigenvalue weighted by Gasteiger charge is -2.21. The normalized spacial score (nSPS) is 11.8. The van der Waals surface area contributed by atoms with Gasteiger partial charge in [0.15, 0.2) is 0 Å². The molecule has 0 N–H and O–H groups in total. The molecule has 0 aliphatic carbocycles. The fraction of sp³-hybridized carbons (Fsp3) is 0.455. The lowest BCUT2D eigenvalue weighted by atomic mass is 10.1. The van der Waals surface area contributed by atoms with Crippen LogP contribution in [0.25, 0.3) is 0 Å². The van der Waals surface area contributed by atoms with Gasteiger partial charge < -0.3 is 0 Å². The lowest BCUT2D eigenvalue weighted by Crippen LogP contribution is -2.39. The van der Waals surface area contributed by atoms with Crippen LogP contribution in [0.15, 0.2) is 16.6 Å². The van der Waals surface area contributed by atoms with Crippen LogP contribution in [0.2, 0.25) is 19.6 Å². The lowest BCUT2D eigenvalue weighted by molar-refractivity contribution is 1.33. The van der Waals surface area contributed by atoms with E-state index in [2.05, 4.69) is 61.6 Å². The van der Waals surface area contributed by atoms with Crippen LogP contribution in [-0.2, 0) is 0 Å². The molecule has 72 valence electrons. The third-order valence-corrected chi connectivity index (χ3v) is 5.55. The summed E-state index contributed by atoms with van der Waals surface area (Å²) < 4.78 is 1.23. The van der Waals surface area contributed by atoms with Crippen LogP contribution < -0.4 is 5.19 Å². The minimum atomic E-state index is -1.15. The molecule has 0 fully saturated rings. The number of hydrogen-bond acceptors (Lipinski definition) is 0. The molecule has 1 aromatic rings. The first-order valence-corrected chi connectivity index (χ1v) is 8.89. The van der Waals surface area contributed by atoms with Crippen molar-refractivity contribution in [2.45, 2.75) is 33.5 Å². The molecule has 2 heteroatoms. The van der Waals surface area contributed by atoms with Gasteiger partial charge in [-0.15, -0.1) is 0 Å². The maximum absolute atomic E-state index is 3.56. The standard InChI is InChI=1S/C11H17BrSi/c1-8-9(2)11(13(3,4)5)7-6-10(8)12/h6-7H,1-5H3. The van der Waals surface area contributed by atoms with Gasteiger partial charge in [0.2, 0.25) is 0 Å². The summed E-state index contributed by atoms with van der Waals surface area (Å²) in [6, 6.07) is 4.45. The van der Waals surface area contributed by atoms with Gasteiger partial charge in [-0.05, 0) is 31.0 Å². The first-order chi connectivity index (χ1) is 5.84. The van der Waals surface area contributed by atoms with Gasteiger partial charge >= 0.3 is 0 Å². The van der Waals surface area contributed by atoms with Crippen molar-refractivity contribution in [3.63, 3.8) is 0 Å². The van der Waals surface area contributed by atoms with Crippen molar-refractivity contribution in [2.24, 2.45) is 0 Å². The van der Waals surface area contributed by atoms with Gasteiger partial charge in [-0.1, -0.05) is 46.8 Å². The van der Waals surface area contributed by atoms with Crippen LogP contribution in [-0.4, -0.2) is 8.07 Å². The molecule has 1 rings (SSSR count). The van der Waals surface area contributed by atoms with E-state index >= 15 is 0 Å². The minimum Gasteiger partial charge on any atom is -0.0656 e. The molecule has 0 unspecified atom stereocenters. The molecule has 0 amide bonds. The van der Waals surface area contributed by atoms with E-state index < -0.39 is 8.07 Å². The summed E-state index contributed by atoms with van der Waals surface area (Å²) in [5.41, 5.74) is 2.86. The van der Waals surface area contributed by atoms with E-state index in [4.69, 9.17) is 0 Å². The van der Waals surface area contributed by atoms with Crippen LogP contribution >= 0.6 is 15.9 Å². The predicted octanol–water partition coefficient (Wildman–Crippen LogP) is 3.61. The molecule has 0 atom stereocenters. The number of benzene rings is 1. The molecule has 0 nitrogen and oxygen atoms in total. The second kappa shape index (κ2) is 3.58. The SMILES string of the molecule is Cc1c(Br)ccc([Si](C)(C)C)c1C. The maximum Gasteiger partial charge on any atom is 0.0779 e. The van der Waals surface area contributed by atoms with Gasteiger partial charge in [0.1, 0.15) is 0 Å². The zero-order valence-electron chi connectivity index (χ0n) is 9.03. The van der Waals surface area contributed by atoms with E-state index in [9.17, 15) is 0 Å². The molecule has 0 aromatic heterocycles. The van der Waals surface area contributed by atoms with Crippen molar-refractivity contribution in [2.75, 3.05) is 0 Å². The highest BCUT2D eigenvalue weighted by molar-refractivity contribution is 9.10. The first-order valence-electron chi connectivity index (χ1n) is 4.60. The quantitative estimate of drug-likeness (QED) is 0.674. The molecule has 0 aliphatic heterocycles. The summed E-state index contributed by atoms with van der Waals surface area (Å²) in [6.45, 7) is 11.6. The Morgan fingerprint density at radius 2 is 1.54 bits per heavy atom. The minimum absolute atomic E-state index is 1.15. The van der Waals surface area contributed by atoms with Gasteiger partial charge in [0.05, 0.1) is 8.07 Å². The second-order valence-electron chi connectivity index (χ2n) is 4.59. The molecular weight excluding hydrogens is 240 g/mol. The summed E-state index contributed by atoms with van der Waals surface area (Å²) >= 11 is 3.56. The highest BCUT2D eigenvalue weighted by Crippen LogP contribution is 2.19. The van der Waals surface area contributed by atoms with Crippen molar-refractivity contribution < 1.29 is 0 Å². The van der Waals surface area contributed by atoms with E-state index in [-0.39, 0.29) is 0 Å². The first kappa shape index (κ1) is 11.0. The highest BCUT2D eigenvalue weighted by atomic mass is 79.9. The molecule has 0 saturated carbocycles. The molecule has 0 aliphatic rings. The molecule has 0 bridgehead atoms. The number of hydrogen-bond donors (Lipinski definition) is 0. The van der Waals surface area contributed by atoms with Gasteiger partial charge in [-0.2, -0.15) is 0 Å². The van der Waals surface area contributed by atoms with Crippen molar-refractivity contribution in [3.8, 4) is 0 Å². The van der Waals surface area contributed by atoms with Crippen LogP contribution in [0.1, 0.15) is 11.1 Å². The molecule has 0 spiro atoms. The predicted molar refractivity (Wildman–Crippen MR) is 66.6 cm³/mol. The van der Waals surface area contributed by atoms with Crippen molar-refractivity contribution in [3.05, 3.63) is 27.7 Å². The topological polar surface area (TPSA) is 0 Å². The van der Waals surface area contributed by atoms with Gasteiger partial charge in [-0.3, -0.25) is 0 Å². The Hall–Kier alpha value is -0.0831. The smallest absolute Gasteiger partial charge is 0.0656 e. The van der Waals surface area contributed by atoms with E-state index in [0.29, 0.717) is 0 Å². The van der Waals surface area contributed by atoms with E-state index in [1.54, 1.807) is 5.19 Å². The number of halogens is 1. The Morgan fingerprint density at radius 1 is 1.00 bits per heavy atom. The molecule has 0 heterocycles. The summed E-state index contributed by atoms with van der Waals surface area (Å²) in [5.74, 6) is 0. The Morgan fingerprint density at radius 3 is 2.00 bits per heavy atom. The molecule has 13 heavy (non-hydrogen) atoms. The fourth-order valence-electron chi connectivity index (χ4n) is 1.60. The molecule has 0 radical (unpaired) electrons. The fourth-order valence-corrected chi connectivity index (χ4v) is 3.93. The van der Waals surface area contributed by atoms with Crippen LogP contribution in [0.3, 0.4) is 0 Å². The zero-order chi connectivity index (χ0) is 10.2. The Bertz CT molecular complexity index is 324. The van der Waals surface area contributed by atoms with E-state index in [1.165, 1.54) is 15.6 Å². The van der Waals surface area contributed by atoms with Crippen LogP contribution in [0.4, 0.5) is 0 Å². The van der Waals surface area contributed by atoms with Crippen molar-refractivity contribution in [1.82, 2.24) is 0 Å². The molecular formula is C11H17BrSi. The summed E-state index contributed by atoms with van der Waals surface area (Å²) in [6.07, 6.45) is 0. The third kappa shape index (κ3) is 2.23. The van der Waals surface area contributed by atoms with Gasteiger partial charge in [0.25, 0.3) is 0 Å². The average Bonchev–Trinajstić information content (AvgIpc) is 1.98. The largest absolute Gasteiger partial charge is 0.0779 e. The Labute approximate surface area is 90.5 Å². The summed E-state index contributed by atoms with van der Waals surface area (Å²) in [7, 11) is -1.15. The Kier molecular flexibility index (Phi) is 3.03. The average molecular weight is 257 g/mol. The van der Waals surface area contributed by atoms with Crippen molar-refractivity contribution >= 4 is 29.2 Å². The summed E-state index contributed by atoms with van der Waals surface area (Å²) in [4.78, 5) is 0. The van der Waals surface area contributed by atoms with Gasteiger partial charge in [-0.25, -0.2) is 0 Å². The second-order valence-corrected chi connectivity index (χ2v) is 10.5. The molecule has 1 aromatic carbocycles. The van der Waals surface area contributed by atoms with Crippen LogP contribution in [0, 0.1) is 13.8 Å². The highest BCUT2D eigenvalue weighted by Gasteiger charge is 2.19. The van der Waals surface area contributed by atoms with Gasteiger partial charge in [0, 0.05) is 4.47 Å². The third-order valence-electron chi connectivity index (χ3n) is 2.53. The van der Waals surface area contributed by atoms with E-state index in [0.717, 1.165) is 0 Å². The van der Waals surface area contributed by atoms with E-state index in [1.807, 2.05) is 0 Å². The monoisotopic (exact) mass is 256 g/mol. The Balaban J connectivity index is 3.35. The van der Waals surface area contributed by atoms with Crippen LogP contribution in [0.5, 0.6) is 0 Å². The number of rotatable bonds is 1. The zero-order valence-corrected chi connectivity index (χ0v) is 11.6. The maximum atomic E-state index is 3.56. The molecule has 0 saturated heterocycles. The van der Waals surface area contributed by atoms with Crippen molar-refractivity contribution in [1.29, 1.82) is 0 Å².